The molecule has 0 heterocycles. The van der Waals surface area contributed by atoms with Crippen LogP contribution in [0.3, 0.4) is 0 Å². The molecule has 4 fully saturated rings. The molecule has 0 aromatic heterocycles. The highest BCUT2D eigenvalue weighted by molar-refractivity contribution is 7.92. The number of amides is 2. The summed E-state index contributed by atoms with van der Waals surface area (Å²) in [6, 6.07) is 17.0. The summed E-state index contributed by atoms with van der Waals surface area (Å²) in [6.45, 7) is 6.20. The van der Waals surface area contributed by atoms with Gasteiger partial charge < -0.3 is 10.2 Å². The quantitative estimate of drug-likeness (QED) is 0.369. The fourth-order valence-corrected chi connectivity index (χ4v) is 8.93. The molecule has 7 nitrogen and oxygen atoms in total. The van der Waals surface area contributed by atoms with E-state index >= 15 is 0 Å². The molecule has 1 atom stereocenters. The summed E-state index contributed by atoms with van der Waals surface area (Å²) in [5, 5.41) is 2.93. The fraction of sp³-hybridized carbons (Fsp3) is 0.588. The first-order valence-corrected chi connectivity index (χ1v) is 17.5. The van der Waals surface area contributed by atoms with Crippen LogP contribution >= 0.6 is 0 Å². The average Bonchev–Trinajstić information content (AvgIpc) is 2.94. The van der Waals surface area contributed by atoms with Gasteiger partial charge >= 0.3 is 0 Å². The Morgan fingerprint density at radius 2 is 1.48 bits per heavy atom. The topological polar surface area (TPSA) is 86.8 Å². The number of nitrogens with one attached hydrogen (secondary N) is 1. The molecule has 4 aliphatic rings. The van der Waals surface area contributed by atoms with Gasteiger partial charge in [0.1, 0.15) is 12.6 Å². The van der Waals surface area contributed by atoms with Crippen LogP contribution < -0.4 is 9.62 Å². The van der Waals surface area contributed by atoms with Crippen LogP contribution in [0.5, 0.6) is 0 Å². The predicted octanol–water partition coefficient (Wildman–Crippen LogP) is 5.15. The molecular weight excluding hydrogens is 546 g/mol. The molecule has 2 aromatic rings. The third-order valence-corrected chi connectivity index (χ3v) is 11.0. The van der Waals surface area contributed by atoms with E-state index in [4.69, 9.17) is 0 Å². The van der Waals surface area contributed by atoms with Crippen LogP contribution in [-0.2, 0) is 31.4 Å². The van der Waals surface area contributed by atoms with Crippen LogP contribution in [0.1, 0.15) is 70.4 Å². The third-order valence-electron chi connectivity index (χ3n) is 9.82. The van der Waals surface area contributed by atoms with E-state index in [0.29, 0.717) is 25.2 Å². The first-order valence-electron chi connectivity index (χ1n) is 15.6. The molecule has 4 bridgehead atoms. The van der Waals surface area contributed by atoms with Gasteiger partial charge in [-0.2, -0.15) is 0 Å². The minimum absolute atomic E-state index is 0.214. The Balaban J connectivity index is 1.35. The molecule has 6 rings (SSSR count). The minimum atomic E-state index is -3.75. The van der Waals surface area contributed by atoms with Crippen molar-refractivity contribution in [3.05, 3.63) is 65.7 Å². The van der Waals surface area contributed by atoms with E-state index < -0.39 is 22.0 Å². The minimum Gasteiger partial charge on any atom is -0.354 e. The fourth-order valence-electron chi connectivity index (χ4n) is 8.08. The second-order valence-electron chi connectivity index (χ2n) is 13.7. The summed E-state index contributed by atoms with van der Waals surface area (Å²) in [5.41, 5.74) is 3.06. The van der Waals surface area contributed by atoms with Crippen molar-refractivity contribution in [3.8, 4) is 0 Å². The van der Waals surface area contributed by atoms with Crippen molar-refractivity contribution in [1.29, 1.82) is 0 Å². The highest BCUT2D eigenvalue weighted by atomic mass is 32.2. The Hall–Kier alpha value is -2.87. The van der Waals surface area contributed by atoms with Crippen LogP contribution in [0.15, 0.2) is 54.6 Å². The van der Waals surface area contributed by atoms with Gasteiger partial charge in [-0.1, -0.05) is 56.3 Å². The lowest BCUT2D eigenvalue weighted by Crippen LogP contribution is -2.52. The van der Waals surface area contributed by atoms with E-state index in [0.717, 1.165) is 29.6 Å². The van der Waals surface area contributed by atoms with Crippen LogP contribution in [-0.4, -0.2) is 57.1 Å². The summed E-state index contributed by atoms with van der Waals surface area (Å²) >= 11 is 0. The van der Waals surface area contributed by atoms with Gasteiger partial charge in [-0.3, -0.25) is 13.9 Å². The molecule has 228 valence electrons. The van der Waals surface area contributed by atoms with Crippen LogP contribution in [0.4, 0.5) is 5.69 Å². The molecule has 0 spiro atoms. The lowest BCUT2D eigenvalue weighted by molar-refractivity contribution is -0.138. The van der Waals surface area contributed by atoms with E-state index in [1.165, 1.54) is 53.3 Å². The van der Waals surface area contributed by atoms with Gasteiger partial charge in [0, 0.05) is 13.1 Å². The molecule has 0 unspecified atom stereocenters. The van der Waals surface area contributed by atoms with Gasteiger partial charge in [0.25, 0.3) is 0 Å². The molecule has 0 radical (unpaired) electrons. The van der Waals surface area contributed by atoms with Crippen LogP contribution in [0, 0.1) is 23.7 Å². The highest BCUT2D eigenvalue weighted by Crippen LogP contribution is 2.60. The van der Waals surface area contributed by atoms with Crippen molar-refractivity contribution < 1.29 is 18.0 Å². The first-order chi connectivity index (χ1) is 19.9. The summed E-state index contributed by atoms with van der Waals surface area (Å²) < 4.78 is 27.3. The maximum Gasteiger partial charge on any atom is 0.244 e. The number of hydrogen-bond acceptors (Lipinski definition) is 4. The van der Waals surface area contributed by atoms with Crippen molar-refractivity contribution in [3.63, 3.8) is 0 Å². The summed E-state index contributed by atoms with van der Waals surface area (Å²) in [4.78, 5) is 28.4. The van der Waals surface area contributed by atoms with Gasteiger partial charge in [0.15, 0.2) is 0 Å². The molecule has 8 heteroatoms. The van der Waals surface area contributed by atoms with Gasteiger partial charge in [0.05, 0.1) is 11.9 Å². The number of anilines is 1. The number of benzene rings is 2. The van der Waals surface area contributed by atoms with Crippen LogP contribution in [0.25, 0.3) is 0 Å². The second kappa shape index (κ2) is 12.4. The second-order valence-corrected chi connectivity index (χ2v) is 15.6. The SMILES string of the molecule is CC(C)CNC(=O)[C@H](C)N(CCc1ccccc1)C(=O)CN(c1ccc(C23CC4CC(CC(C4)C2)C3)cc1)S(C)(=O)=O. The largest absolute Gasteiger partial charge is 0.354 e. The molecule has 0 saturated heterocycles. The van der Waals surface area contributed by atoms with Gasteiger partial charge in [-0.05, 0) is 104 Å². The maximum absolute atomic E-state index is 13.8. The Morgan fingerprint density at radius 1 is 0.905 bits per heavy atom. The number of carbonyl (C=O) groups excluding carboxylic acids is 2. The van der Waals surface area contributed by atoms with E-state index in [1.807, 2.05) is 56.3 Å². The van der Waals surface area contributed by atoms with Crippen molar-refractivity contribution in [2.75, 3.05) is 30.2 Å². The van der Waals surface area contributed by atoms with Crippen molar-refractivity contribution >= 4 is 27.5 Å². The lowest BCUT2D eigenvalue weighted by Gasteiger charge is -2.57. The average molecular weight is 594 g/mol. The molecule has 4 aliphatic carbocycles. The summed E-state index contributed by atoms with van der Waals surface area (Å²) in [6.07, 6.45) is 9.52. The molecular formula is C34H47N3O4S. The van der Waals surface area contributed by atoms with Gasteiger partial charge in [-0.15, -0.1) is 0 Å². The molecule has 2 aromatic carbocycles. The van der Waals surface area contributed by atoms with E-state index in [-0.39, 0.29) is 23.8 Å². The Bertz CT molecular complexity index is 1320. The lowest BCUT2D eigenvalue weighted by atomic mass is 9.48. The monoisotopic (exact) mass is 593 g/mol. The molecule has 2 amide bonds. The number of carbonyl (C=O) groups is 2. The Kier molecular flexibility index (Phi) is 9.02. The van der Waals surface area contributed by atoms with E-state index in [1.54, 1.807) is 6.92 Å². The first kappa shape index (κ1) is 30.6. The summed E-state index contributed by atoms with van der Waals surface area (Å²) in [7, 11) is -3.75. The van der Waals surface area contributed by atoms with Gasteiger partial charge in [0.2, 0.25) is 21.8 Å². The number of nitrogens with zero attached hydrogens (tertiary/aromatic N) is 2. The molecule has 42 heavy (non-hydrogen) atoms. The maximum atomic E-state index is 13.8. The summed E-state index contributed by atoms with van der Waals surface area (Å²) in [5.74, 6) is 2.11. The number of sulfonamides is 1. The molecule has 1 N–H and O–H groups in total. The highest BCUT2D eigenvalue weighted by Gasteiger charge is 2.51. The predicted molar refractivity (Wildman–Crippen MR) is 168 cm³/mol. The van der Waals surface area contributed by atoms with Crippen molar-refractivity contribution in [1.82, 2.24) is 10.2 Å². The standard InChI is InChI=1S/C34H47N3O4S/c1-24(2)22-35-33(39)25(3)36(15-14-26-8-6-5-7-9-26)32(38)23-37(42(4,40)41)31-12-10-30(11-13-31)34-19-27-16-28(20-34)18-29(17-27)21-34/h5-13,24-25,27-29H,14-23H2,1-4H3,(H,35,39)/t25-,27?,28?,29?,34?/m0/s1. The third kappa shape index (κ3) is 6.85. The van der Waals surface area contributed by atoms with Gasteiger partial charge in [-0.25, -0.2) is 8.42 Å². The number of rotatable bonds is 12. The zero-order valence-electron chi connectivity index (χ0n) is 25.6. The zero-order valence-corrected chi connectivity index (χ0v) is 26.4. The number of hydrogen-bond donors (Lipinski definition) is 1. The molecule has 0 aliphatic heterocycles. The molecule has 4 saturated carbocycles. The normalized spacial score (nSPS) is 25.3. The van der Waals surface area contributed by atoms with Crippen LogP contribution in [0.2, 0.25) is 0 Å². The van der Waals surface area contributed by atoms with Crippen molar-refractivity contribution in [2.24, 2.45) is 23.7 Å². The zero-order chi connectivity index (χ0) is 30.1. The van der Waals surface area contributed by atoms with Crippen molar-refractivity contribution in [2.45, 2.75) is 77.2 Å². The Morgan fingerprint density at radius 3 is 2.00 bits per heavy atom. The Labute approximate surface area is 252 Å². The van der Waals surface area contributed by atoms with E-state index in [9.17, 15) is 18.0 Å². The smallest absolute Gasteiger partial charge is 0.244 e. The van der Waals surface area contributed by atoms with E-state index in [2.05, 4.69) is 17.4 Å².